The highest BCUT2D eigenvalue weighted by molar-refractivity contribution is 5.45. The SMILES string of the molecule is COc1cc(C)cc(C)c1C(O)C1(OC)CCC(C)CC1. The molecule has 0 spiro atoms. The minimum Gasteiger partial charge on any atom is -0.496 e. The Labute approximate surface area is 128 Å². The molecule has 3 heteroatoms. The van der Waals surface area contributed by atoms with Crippen molar-refractivity contribution in [2.45, 2.75) is 58.2 Å². The molecule has 1 aromatic rings. The number of methoxy groups -OCH3 is 2. The molecule has 1 unspecified atom stereocenters. The second kappa shape index (κ2) is 6.37. The monoisotopic (exact) mass is 292 g/mol. The van der Waals surface area contributed by atoms with E-state index in [1.54, 1.807) is 14.2 Å². The van der Waals surface area contributed by atoms with Gasteiger partial charge in [-0.25, -0.2) is 0 Å². The number of rotatable bonds is 4. The van der Waals surface area contributed by atoms with Crippen LogP contribution in [0.15, 0.2) is 12.1 Å². The van der Waals surface area contributed by atoms with Gasteiger partial charge >= 0.3 is 0 Å². The van der Waals surface area contributed by atoms with E-state index >= 15 is 0 Å². The van der Waals surface area contributed by atoms with Crippen molar-refractivity contribution in [2.75, 3.05) is 14.2 Å². The fraction of sp³-hybridized carbons (Fsp3) is 0.667. The van der Waals surface area contributed by atoms with Gasteiger partial charge in [0, 0.05) is 12.7 Å². The predicted octanol–water partition coefficient (Wildman–Crippen LogP) is 3.94. The van der Waals surface area contributed by atoms with Crippen molar-refractivity contribution in [1.29, 1.82) is 0 Å². The summed E-state index contributed by atoms with van der Waals surface area (Å²) in [4.78, 5) is 0. The number of aryl methyl sites for hydroxylation is 2. The van der Waals surface area contributed by atoms with Gasteiger partial charge in [-0.05, 0) is 62.6 Å². The zero-order valence-electron chi connectivity index (χ0n) is 13.9. The predicted molar refractivity (Wildman–Crippen MR) is 84.8 cm³/mol. The summed E-state index contributed by atoms with van der Waals surface area (Å²) in [6, 6.07) is 4.08. The quantitative estimate of drug-likeness (QED) is 0.913. The van der Waals surface area contributed by atoms with Crippen LogP contribution in [0.2, 0.25) is 0 Å². The van der Waals surface area contributed by atoms with Crippen LogP contribution >= 0.6 is 0 Å². The van der Waals surface area contributed by atoms with Crippen molar-refractivity contribution in [2.24, 2.45) is 5.92 Å². The zero-order valence-corrected chi connectivity index (χ0v) is 13.9. The molecule has 118 valence electrons. The lowest BCUT2D eigenvalue weighted by Gasteiger charge is -2.42. The molecule has 1 aliphatic carbocycles. The maximum absolute atomic E-state index is 11.1. The lowest BCUT2D eigenvalue weighted by atomic mass is 9.74. The molecule has 0 bridgehead atoms. The smallest absolute Gasteiger partial charge is 0.125 e. The van der Waals surface area contributed by atoms with Crippen molar-refractivity contribution in [3.8, 4) is 5.75 Å². The average Bonchev–Trinajstić information content (AvgIpc) is 2.47. The van der Waals surface area contributed by atoms with Crippen LogP contribution in [0.4, 0.5) is 0 Å². The molecule has 3 nitrogen and oxygen atoms in total. The van der Waals surface area contributed by atoms with Gasteiger partial charge in [0.25, 0.3) is 0 Å². The summed E-state index contributed by atoms with van der Waals surface area (Å²) in [6.07, 6.45) is 3.33. The normalized spacial score (nSPS) is 27.4. The summed E-state index contributed by atoms with van der Waals surface area (Å²) in [6.45, 7) is 6.34. The third kappa shape index (κ3) is 3.09. The van der Waals surface area contributed by atoms with Crippen molar-refractivity contribution >= 4 is 0 Å². The van der Waals surface area contributed by atoms with Crippen molar-refractivity contribution in [3.63, 3.8) is 0 Å². The molecule has 21 heavy (non-hydrogen) atoms. The van der Waals surface area contributed by atoms with Gasteiger partial charge in [0.05, 0.1) is 12.7 Å². The van der Waals surface area contributed by atoms with E-state index in [9.17, 15) is 5.11 Å². The van der Waals surface area contributed by atoms with Crippen LogP contribution in [0.1, 0.15) is 55.4 Å². The van der Waals surface area contributed by atoms with Crippen molar-refractivity contribution < 1.29 is 14.6 Å². The molecule has 0 amide bonds. The molecule has 0 saturated heterocycles. The van der Waals surface area contributed by atoms with Gasteiger partial charge in [0.15, 0.2) is 0 Å². The average molecular weight is 292 g/mol. The lowest BCUT2D eigenvalue weighted by Crippen LogP contribution is -2.42. The van der Waals surface area contributed by atoms with Crippen LogP contribution in [0.5, 0.6) is 5.75 Å². The fourth-order valence-corrected chi connectivity index (χ4v) is 3.56. The summed E-state index contributed by atoms with van der Waals surface area (Å²) >= 11 is 0. The fourth-order valence-electron chi connectivity index (χ4n) is 3.56. The van der Waals surface area contributed by atoms with E-state index in [0.29, 0.717) is 5.92 Å². The number of hydrogen-bond donors (Lipinski definition) is 1. The molecule has 1 fully saturated rings. The van der Waals surface area contributed by atoms with Crippen LogP contribution < -0.4 is 4.74 Å². The molecule has 0 aliphatic heterocycles. The molecule has 1 aromatic carbocycles. The largest absolute Gasteiger partial charge is 0.496 e. The molecular formula is C18H28O3. The van der Waals surface area contributed by atoms with Gasteiger partial charge in [-0.1, -0.05) is 13.0 Å². The Balaban J connectivity index is 2.40. The molecule has 1 atom stereocenters. The summed E-state index contributed by atoms with van der Waals surface area (Å²) < 4.78 is 11.3. The highest BCUT2D eigenvalue weighted by Gasteiger charge is 2.43. The van der Waals surface area contributed by atoms with E-state index in [1.807, 2.05) is 19.9 Å². The maximum Gasteiger partial charge on any atom is 0.125 e. The van der Waals surface area contributed by atoms with E-state index < -0.39 is 11.7 Å². The van der Waals surface area contributed by atoms with Crippen LogP contribution in [0.25, 0.3) is 0 Å². The Morgan fingerprint density at radius 1 is 1.19 bits per heavy atom. The lowest BCUT2D eigenvalue weighted by molar-refractivity contribution is -0.131. The van der Waals surface area contributed by atoms with Gasteiger partial charge in [0.1, 0.15) is 11.9 Å². The first kappa shape index (κ1) is 16.3. The van der Waals surface area contributed by atoms with Gasteiger partial charge in [0.2, 0.25) is 0 Å². The van der Waals surface area contributed by atoms with Gasteiger partial charge in [-0.3, -0.25) is 0 Å². The number of aliphatic hydroxyl groups is 1. The summed E-state index contributed by atoms with van der Waals surface area (Å²) in [7, 11) is 3.38. The van der Waals surface area contributed by atoms with Gasteiger partial charge < -0.3 is 14.6 Å². The van der Waals surface area contributed by atoms with Crippen LogP contribution in [0.3, 0.4) is 0 Å². The number of aliphatic hydroxyl groups excluding tert-OH is 1. The van der Waals surface area contributed by atoms with E-state index in [0.717, 1.165) is 48.1 Å². The molecule has 0 radical (unpaired) electrons. The molecule has 2 rings (SSSR count). The first-order valence-corrected chi connectivity index (χ1v) is 7.82. The van der Waals surface area contributed by atoms with E-state index in [1.165, 1.54) is 0 Å². The Morgan fingerprint density at radius 3 is 2.33 bits per heavy atom. The second-order valence-electron chi connectivity index (χ2n) is 6.55. The molecule has 1 aliphatic rings. The first-order valence-electron chi connectivity index (χ1n) is 7.82. The summed E-state index contributed by atoms with van der Waals surface area (Å²) in [5.41, 5.74) is 2.60. The third-order valence-electron chi connectivity index (χ3n) is 5.01. The first-order chi connectivity index (χ1) is 9.93. The molecule has 0 aromatic heterocycles. The standard InChI is InChI=1S/C18H28O3/c1-12-6-8-18(21-5,9-7-12)17(19)16-14(3)10-13(2)11-15(16)20-4/h10-12,17,19H,6-9H2,1-5H3. The Morgan fingerprint density at radius 2 is 1.81 bits per heavy atom. The number of hydrogen-bond acceptors (Lipinski definition) is 3. The minimum absolute atomic E-state index is 0.486. The van der Waals surface area contributed by atoms with Crippen molar-refractivity contribution in [3.05, 3.63) is 28.8 Å². The maximum atomic E-state index is 11.1. The molecule has 1 saturated carbocycles. The zero-order chi connectivity index (χ0) is 15.6. The van der Waals surface area contributed by atoms with E-state index in [4.69, 9.17) is 9.47 Å². The van der Waals surface area contributed by atoms with Crippen molar-refractivity contribution in [1.82, 2.24) is 0 Å². The molecule has 0 heterocycles. The third-order valence-corrected chi connectivity index (χ3v) is 5.01. The van der Waals surface area contributed by atoms with Gasteiger partial charge in [-0.2, -0.15) is 0 Å². The number of ether oxygens (including phenoxy) is 2. The van der Waals surface area contributed by atoms with Gasteiger partial charge in [-0.15, -0.1) is 0 Å². The van der Waals surface area contributed by atoms with Crippen LogP contribution in [-0.2, 0) is 4.74 Å². The topological polar surface area (TPSA) is 38.7 Å². The highest BCUT2D eigenvalue weighted by Crippen LogP contribution is 2.45. The molecule has 1 N–H and O–H groups in total. The van der Waals surface area contributed by atoms with E-state index in [2.05, 4.69) is 13.0 Å². The summed E-state index contributed by atoms with van der Waals surface area (Å²) in [5.74, 6) is 1.47. The number of benzene rings is 1. The Bertz CT molecular complexity index is 487. The Hall–Kier alpha value is -1.06. The second-order valence-corrected chi connectivity index (χ2v) is 6.55. The van der Waals surface area contributed by atoms with E-state index in [-0.39, 0.29) is 0 Å². The summed E-state index contributed by atoms with van der Waals surface area (Å²) in [5, 5.41) is 11.1. The highest BCUT2D eigenvalue weighted by atomic mass is 16.5. The van der Waals surface area contributed by atoms with Crippen LogP contribution in [-0.4, -0.2) is 24.9 Å². The molecular weight excluding hydrogens is 264 g/mol. The van der Waals surface area contributed by atoms with Crippen LogP contribution in [0, 0.1) is 19.8 Å². The minimum atomic E-state index is -0.648. The Kier molecular flexibility index (Phi) is 4.95.